The molecule has 0 bridgehead atoms. The van der Waals surface area contributed by atoms with Crippen molar-refractivity contribution in [2.24, 2.45) is 0 Å². The molecule has 0 spiro atoms. The Bertz CT molecular complexity index is 469. The zero-order valence-electron chi connectivity index (χ0n) is 12.3. The van der Waals surface area contributed by atoms with Crippen LogP contribution in [0.2, 0.25) is 0 Å². The fourth-order valence-electron chi connectivity index (χ4n) is 2.64. The monoisotopic (exact) mass is 298 g/mol. The molecule has 1 aliphatic rings. The number of hydrogen-bond acceptors (Lipinski definition) is 6. The first kappa shape index (κ1) is 15.9. The first-order chi connectivity index (χ1) is 10.1. The summed E-state index contributed by atoms with van der Waals surface area (Å²) in [6, 6.07) is 0. The van der Waals surface area contributed by atoms with Gasteiger partial charge in [-0.25, -0.2) is 9.55 Å². The fraction of sp³-hybridized carbons (Fsp3) is 0.769. The average molecular weight is 298 g/mol. The van der Waals surface area contributed by atoms with Gasteiger partial charge in [-0.05, 0) is 17.8 Å². The Morgan fingerprint density at radius 2 is 2.19 bits per heavy atom. The molecule has 1 fully saturated rings. The molecule has 1 N–H and O–H groups in total. The number of aliphatic hydroxyl groups excluding tert-OH is 1. The molecule has 118 valence electrons. The van der Waals surface area contributed by atoms with Gasteiger partial charge in [0.05, 0.1) is 19.3 Å². The molecule has 8 nitrogen and oxygen atoms in total. The Morgan fingerprint density at radius 1 is 1.48 bits per heavy atom. The molecular weight excluding hydrogens is 276 g/mol. The molecule has 1 aromatic heterocycles. The number of nitrogens with zero attached hydrogens (tertiary/aromatic N) is 4. The minimum atomic E-state index is -0.394. The van der Waals surface area contributed by atoms with E-state index in [1.165, 1.54) is 6.20 Å². The second kappa shape index (κ2) is 7.48. The molecule has 1 saturated heterocycles. The molecule has 2 heterocycles. The van der Waals surface area contributed by atoms with E-state index >= 15 is 0 Å². The van der Waals surface area contributed by atoms with Crippen molar-refractivity contribution in [1.29, 1.82) is 0 Å². The summed E-state index contributed by atoms with van der Waals surface area (Å²) in [5, 5.41) is 19.7. The third-order valence-corrected chi connectivity index (χ3v) is 3.84. The second-order valence-corrected chi connectivity index (χ2v) is 5.21. The lowest BCUT2D eigenvalue weighted by Crippen LogP contribution is -2.39. The fourth-order valence-corrected chi connectivity index (χ4v) is 2.64. The molecule has 1 aliphatic heterocycles. The van der Waals surface area contributed by atoms with Crippen LogP contribution >= 0.6 is 0 Å². The molecule has 0 saturated carbocycles. The molecule has 8 heteroatoms. The number of rotatable bonds is 7. The van der Waals surface area contributed by atoms with Crippen molar-refractivity contribution in [3.05, 3.63) is 22.1 Å². The summed E-state index contributed by atoms with van der Waals surface area (Å²) < 4.78 is 7.17. The van der Waals surface area contributed by atoms with Gasteiger partial charge in [0.15, 0.2) is 5.82 Å². The molecule has 2 rings (SSSR count). The van der Waals surface area contributed by atoms with Crippen molar-refractivity contribution in [3.63, 3.8) is 0 Å². The van der Waals surface area contributed by atoms with Gasteiger partial charge in [0.2, 0.25) is 0 Å². The van der Waals surface area contributed by atoms with Crippen LogP contribution < -0.4 is 0 Å². The van der Waals surface area contributed by atoms with Crippen LogP contribution in [0.25, 0.3) is 0 Å². The van der Waals surface area contributed by atoms with E-state index in [9.17, 15) is 10.1 Å². The number of aromatic nitrogens is 2. The zero-order valence-corrected chi connectivity index (χ0v) is 12.3. The minimum Gasteiger partial charge on any atom is -0.394 e. The van der Waals surface area contributed by atoms with Crippen LogP contribution in [-0.2, 0) is 11.3 Å². The SMILES string of the molecule is Cc1ncc([N+](=O)[O-])n1CCN1CCC(OCCO)CC1. The molecule has 0 unspecified atom stereocenters. The standard InChI is InChI=1S/C13H22N4O4/c1-11-14-10-13(17(19)20)16(11)7-6-15-4-2-12(3-5-15)21-9-8-18/h10,12,18H,2-9H2,1H3. The highest BCUT2D eigenvalue weighted by atomic mass is 16.6. The topological polar surface area (TPSA) is 93.7 Å². The summed E-state index contributed by atoms with van der Waals surface area (Å²) in [6.45, 7) is 5.40. The maximum Gasteiger partial charge on any atom is 0.342 e. The predicted octanol–water partition coefficient (Wildman–Crippen LogP) is 0.573. The van der Waals surface area contributed by atoms with E-state index in [1.54, 1.807) is 11.5 Å². The van der Waals surface area contributed by atoms with Gasteiger partial charge in [-0.1, -0.05) is 0 Å². The van der Waals surface area contributed by atoms with E-state index in [0.717, 1.165) is 32.5 Å². The van der Waals surface area contributed by atoms with Crippen LogP contribution in [-0.4, -0.2) is 63.4 Å². The summed E-state index contributed by atoms with van der Waals surface area (Å²) in [4.78, 5) is 16.8. The van der Waals surface area contributed by atoms with E-state index in [-0.39, 0.29) is 18.5 Å². The van der Waals surface area contributed by atoms with Crippen LogP contribution in [0.5, 0.6) is 0 Å². The third kappa shape index (κ3) is 4.23. The highest BCUT2D eigenvalue weighted by Crippen LogP contribution is 2.16. The Labute approximate surface area is 123 Å². The van der Waals surface area contributed by atoms with Crippen LogP contribution in [0.4, 0.5) is 5.82 Å². The molecule has 21 heavy (non-hydrogen) atoms. The number of hydrogen-bond donors (Lipinski definition) is 1. The van der Waals surface area contributed by atoms with E-state index in [0.29, 0.717) is 19.0 Å². The quantitative estimate of drug-likeness (QED) is 0.584. The van der Waals surface area contributed by atoms with Gasteiger partial charge in [0.1, 0.15) is 12.7 Å². The second-order valence-electron chi connectivity index (χ2n) is 5.21. The Hall–Kier alpha value is -1.51. The van der Waals surface area contributed by atoms with Crippen LogP contribution in [0.15, 0.2) is 6.20 Å². The van der Waals surface area contributed by atoms with Crippen LogP contribution in [0.3, 0.4) is 0 Å². The van der Waals surface area contributed by atoms with Crippen LogP contribution in [0, 0.1) is 17.0 Å². The number of aryl methyl sites for hydroxylation is 1. The van der Waals surface area contributed by atoms with Crippen molar-refractivity contribution in [3.8, 4) is 0 Å². The lowest BCUT2D eigenvalue weighted by Gasteiger charge is -2.31. The molecule has 0 amide bonds. The molecule has 0 aromatic carbocycles. The van der Waals surface area contributed by atoms with Gasteiger partial charge in [-0.3, -0.25) is 4.90 Å². The third-order valence-electron chi connectivity index (χ3n) is 3.84. The maximum absolute atomic E-state index is 10.9. The van der Waals surface area contributed by atoms with E-state index in [4.69, 9.17) is 9.84 Å². The summed E-state index contributed by atoms with van der Waals surface area (Å²) in [6.07, 6.45) is 3.40. The maximum atomic E-state index is 10.9. The normalized spacial score (nSPS) is 17.2. The highest BCUT2D eigenvalue weighted by molar-refractivity contribution is 5.18. The number of aliphatic hydroxyl groups is 1. The number of piperidine rings is 1. The van der Waals surface area contributed by atoms with Gasteiger partial charge in [0, 0.05) is 26.6 Å². The van der Waals surface area contributed by atoms with Gasteiger partial charge < -0.3 is 20.0 Å². The van der Waals surface area contributed by atoms with E-state index in [2.05, 4.69) is 9.88 Å². The van der Waals surface area contributed by atoms with Crippen molar-refractivity contribution in [2.45, 2.75) is 32.4 Å². The van der Waals surface area contributed by atoms with Gasteiger partial charge in [0.25, 0.3) is 0 Å². The summed E-state index contributed by atoms with van der Waals surface area (Å²) >= 11 is 0. The van der Waals surface area contributed by atoms with Crippen molar-refractivity contribution in [1.82, 2.24) is 14.5 Å². The van der Waals surface area contributed by atoms with Crippen LogP contribution in [0.1, 0.15) is 18.7 Å². The van der Waals surface area contributed by atoms with Gasteiger partial charge in [-0.15, -0.1) is 0 Å². The van der Waals surface area contributed by atoms with Crippen molar-refractivity contribution >= 4 is 5.82 Å². The van der Waals surface area contributed by atoms with Crippen molar-refractivity contribution < 1.29 is 14.8 Å². The molecular formula is C13H22N4O4. The average Bonchev–Trinajstić information content (AvgIpc) is 2.85. The Morgan fingerprint density at radius 3 is 2.81 bits per heavy atom. The Balaban J connectivity index is 1.80. The minimum absolute atomic E-state index is 0.0497. The molecule has 1 aromatic rings. The predicted molar refractivity (Wildman–Crippen MR) is 76.1 cm³/mol. The van der Waals surface area contributed by atoms with E-state index in [1.807, 2.05) is 0 Å². The lowest BCUT2D eigenvalue weighted by molar-refractivity contribution is -0.392. The first-order valence-electron chi connectivity index (χ1n) is 7.23. The lowest BCUT2D eigenvalue weighted by atomic mass is 10.1. The number of imidazole rings is 1. The van der Waals surface area contributed by atoms with Crippen molar-refractivity contribution in [2.75, 3.05) is 32.8 Å². The molecule has 0 radical (unpaired) electrons. The largest absolute Gasteiger partial charge is 0.394 e. The first-order valence-corrected chi connectivity index (χ1v) is 7.23. The van der Waals surface area contributed by atoms with Gasteiger partial charge >= 0.3 is 5.82 Å². The summed E-state index contributed by atoms with van der Waals surface area (Å²) in [5.41, 5.74) is 0. The zero-order chi connectivity index (χ0) is 15.2. The van der Waals surface area contributed by atoms with E-state index < -0.39 is 4.92 Å². The molecule has 0 aliphatic carbocycles. The highest BCUT2D eigenvalue weighted by Gasteiger charge is 2.22. The molecule has 0 atom stereocenters. The summed E-state index contributed by atoms with van der Waals surface area (Å²) in [5.74, 6) is 0.719. The number of nitro groups is 1. The number of likely N-dealkylation sites (tertiary alicyclic amines) is 1. The Kier molecular flexibility index (Phi) is 5.66. The van der Waals surface area contributed by atoms with Gasteiger partial charge in [-0.2, -0.15) is 0 Å². The number of ether oxygens (including phenoxy) is 1. The summed E-state index contributed by atoms with van der Waals surface area (Å²) in [7, 11) is 0. The smallest absolute Gasteiger partial charge is 0.342 e.